The number of carbonyl (C=O) groups is 1. The van der Waals surface area contributed by atoms with Crippen molar-refractivity contribution in [2.75, 3.05) is 19.0 Å². The molecule has 0 bridgehead atoms. The smallest absolute Gasteiger partial charge is 0.230 e. The fraction of sp³-hybridized carbons (Fsp3) is 0.550. The molecule has 1 aliphatic heterocycles. The number of carbonyl (C=O) groups excluding carboxylic acids is 1. The van der Waals surface area contributed by atoms with Gasteiger partial charge in [-0.05, 0) is 43.4 Å². The minimum absolute atomic E-state index is 0.0124. The number of benzene rings is 1. The summed E-state index contributed by atoms with van der Waals surface area (Å²) in [5.41, 5.74) is 1.02. The Balaban J connectivity index is 1.41. The second-order valence-electron chi connectivity index (χ2n) is 7.61. The lowest BCUT2D eigenvalue weighted by Gasteiger charge is -2.25. The van der Waals surface area contributed by atoms with Gasteiger partial charge in [0, 0.05) is 6.04 Å². The molecule has 1 aromatic heterocycles. The van der Waals surface area contributed by atoms with Crippen LogP contribution < -0.4 is 14.8 Å². The van der Waals surface area contributed by atoms with Gasteiger partial charge in [0.1, 0.15) is 19.0 Å². The van der Waals surface area contributed by atoms with Crippen LogP contribution in [0.15, 0.2) is 23.4 Å². The Hall–Kier alpha value is -2.22. The molecule has 2 aromatic rings. The lowest BCUT2D eigenvalue weighted by molar-refractivity contribution is -0.119. The highest BCUT2D eigenvalue weighted by atomic mass is 32.2. The Bertz CT molecular complexity index is 863. The number of rotatable bonds is 7. The molecule has 1 atom stereocenters. The highest BCUT2D eigenvalue weighted by Gasteiger charge is 2.29. The van der Waals surface area contributed by atoms with E-state index in [0.717, 1.165) is 40.9 Å². The third-order valence-corrected chi connectivity index (χ3v) is 5.93. The van der Waals surface area contributed by atoms with E-state index in [2.05, 4.69) is 33.9 Å². The van der Waals surface area contributed by atoms with Crippen LogP contribution in [0.5, 0.6) is 11.5 Å². The first-order valence-electron chi connectivity index (χ1n) is 9.76. The van der Waals surface area contributed by atoms with Crippen LogP contribution in [0.1, 0.15) is 50.2 Å². The molecule has 2 heterocycles. The molecule has 0 saturated heterocycles. The van der Waals surface area contributed by atoms with Gasteiger partial charge in [0.15, 0.2) is 16.7 Å². The van der Waals surface area contributed by atoms with Crippen molar-refractivity contribution in [3.63, 3.8) is 0 Å². The molecule has 1 fully saturated rings. The average Bonchev–Trinajstić information content (AvgIpc) is 3.46. The van der Waals surface area contributed by atoms with E-state index in [4.69, 9.17) is 9.47 Å². The predicted octanol–water partition coefficient (Wildman–Crippen LogP) is 3.30. The van der Waals surface area contributed by atoms with Crippen molar-refractivity contribution in [1.82, 2.24) is 20.1 Å². The summed E-state index contributed by atoms with van der Waals surface area (Å²) in [6, 6.07) is 6.30. The first-order valence-corrected chi connectivity index (χ1v) is 10.7. The number of ether oxygens (including phenoxy) is 2. The van der Waals surface area contributed by atoms with Gasteiger partial charge in [-0.1, -0.05) is 31.7 Å². The number of nitrogens with zero attached hydrogens (tertiary/aromatic N) is 3. The van der Waals surface area contributed by atoms with Gasteiger partial charge in [-0.25, -0.2) is 0 Å². The van der Waals surface area contributed by atoms with Crippen LogP contribution >= 0.6 is 11.8 Å². The molecule has 8 heteroatoms. The largest absolute Gasteiger partial charge is 0.486 e. The molecule has 28 heavy (non-hydrogen) atoms. The second kappa shape index (κ2) is 8.03. The number of aryl methyl sites for hydroxylation is 1. The Labute approximate surface area is 169 Å². The van der Waals surface area contributed by atoms with Crippen molar-refractivity contribution < 1.29 is 14.3 Å². The minimum atomic E-state index is -0.0908. The Morgan fingerprint density at radius 1 is 1.25 bits per heavy atom. The van der Waals surface area contributed by atoms with Crippen LogP contribution in [0.25, 0.3) is 0 Å². The molecule has 1 aromatic carbocycles. The van der Waals surface area contributed by atoms with Gasteiger partial charge in [-0.15, -0.1) is 10.2 Å². The molecule has 0 unspecified atom stereocenters. The van der Waals surface area contributed by atoms with Gasteiger partial charge in [-0.2, -0.15) is 0 Å². The normalized spacial score (nSPS) is 16.9. The highest BCUT2D eigenvalue weighted by Crippen LogP contribution is 2.38. The SMILES string of the molecule is Cc1nnc(SCC(=O)N[C@@H](c2ccc3c(c2)OCCO3)C(C)C)n1C1CC1. The van der Waals surface area contributed by atoms with E-state index < -0.39 is 0 Å². The monoisotopic (exact) mass is 402 g/mol. The predicted molar refractivity (Wildman–Crippen MR) is 107 cm³/mol. The zero-order chi connectivity index (χ0) is 19.7. The van der Waals surface area contributed by atoms with Crippen molar-refractivity contribution in [3.05, 3.63) is 29.6 Å². The minimum Gasteiger partial charge on any atom is -0.486 e. The lowest BCUT2D eigenvalue weighted by atomic mass is 9.95. The lowest BCUT2D eigenvalue weighted by Crippen LogP contribution is -2.33. The summed E-state index contributed by atoms with van der Waals surface area (Å²) in [4.78, 5) is 12.7. The molecule has 0 spiro atoms. The van der Waals surface area contributed by atoms with Gasteiger partial charge in [0.2, 0.25) is 5.91 Å². The van der Waals surface area contributed by atoms with E-state index in [1.54, 1.807) is 0 Å². The van der Waals surface area contributed by atoms with Crippen LogP contribution in [0.2, 0.25) is 0 Å². The third kappa shape index (κ3) is 4.11. The van der Waals surface area contributed by atoms with Crippen LogP contribution in [0, 0.1) is 12.8 Å². The summed E-state index contributed by atoms with van der Waals surface area (Å²) in [7, 11) is 0. The van der Waals surface area contributed by atoms with Crippen LogP contribution in [0.3, 0.4) is 0 Å². The van der Waals surface area contributed by atoms with Crippen molar-refractivity contribution >= 4 is 17.7 Å². The van der Waals surface area contributed by atoms with Crippen LogP contribution in [0.4, 0.5) is 0 Å². The molecule has 1 amide bonds. The average molecular weight is 403 g/mol. The number of amides is 1. The zero-order valence-corrected chi connectivity index (χ0v) is 17.3. The van der Waals surface area contributed by atoms with Crippen LogP contribution in [-0.2, 0) is 4.79 Å². The number of hydrogen-bond donors (Lipinski definition) is 1. The molecular formula is C20H26N4O3S. The molecule has 150 valence electrons. The van der Waals surface area contributed by atoms with Crippen molar-refractivity contribution in [2.45, 2.75) is 50.9 Å². The Morgan fingerprint density at radius 3 is 2.71 bits per heavy atom. The number of aromatic nitrogens is 3. The Morgan fingerprint density at radius 2 is 2.00 bits per heavy atom. The molecule has 4 rings (SSSR count). The fourth-order valence-corrected chi connectivity index (χ4v) is 4.30. The fourth-order valence-electron chi connectivity index (χ4n) is 3.43. The van der Waals surface area contributed by atoms with Gasteiger partial charge < -0.3 is 19.4 Å². The standard InChI is InChI=1S/C20H26N4O3S/c1-12(2)19(14-4-7-16-17(10-14)27-9-8-26-16)21-18(25)11-28-20-23-22-13(3)24(20)15-5-6-15/h4,7,10,12,15,19H,5-6,8-9,11H2,1-3H3,(H,21,25)/t19-/m1/s1. The maximum absolute atomic E-state index is 12.7. The summed E-state index contributed by atoms with van der Waals surface area (Å²) < 4.78 is 13.4. The summed E-state index contributed by atoms with van der Waals surface area (Å²) in [6.07, 6.45) is 2.33. The third-order valence-electron chi connectivity index (χ3n) is 4.99. The number of nitrogens with one attached hydrogen (secondary N) is 1. The second-order valence-corrected chi connectivity index (χ2v) is 8.55. The first-order chi connectivity index (χ1) is 13.5. The highest BCUT2D eigenvalue weighted by molar-refractivity contribution is 7.99. The van der Waals surface area contributed by atoms with E-state index >= 15 is 0 Å². The number of fused-ring (bicyclic) bond motifs is 1. The van der Waals surface area contributed by atoms with Crippen molar-refractivity contribution in [2.24, 2.45) is 5.92 Å². The number of hydrogen-bond acceptors (Lipinski definition) is 6. The van der Waals surface area contributed by atoms with E-state index in [1.807, 2.05) is 25.1 Å². The van der Waals surface area contributed by atoms with E-state index in [1.165, 1.54) is 11.8 Å². The topological polar surface area (TPSA) is 78.3 Å². The van der Waals surface area contributed by atoms with Crippen LogP contribution in [-0.4, -0.2) is 39.6 Å². The summed E-state index contributed by atoms with van der Waals surface area (Å²) in [5, 5.41) is 12.4. The van der Waals surface area contributed by atoms with Crippen molar-refractivity contribution in [3.8, 4) is 11.5 Å². The first kappa shape index (κ1) is 19.1. The molecular weight excluding hydrogens is 376 g/mol. The van der Waals surface area contributed by atoms with Gasteiger partial charge in [0.25, 0.3) is 0 Å². The summed E-state index contributed by atoms with van der Waals surface area (Å²) >= 11 is 1.45. The molecule has 1 saturated carbocycles. The maximum Gasteiger partial charge on any atom is 0.230 e. The van der Waals surface area contributed by atoms with Gasteiger partial charge in [0.05, 0.1) is 11.8 Å². The van der Waals surface area contributed by atoms with E-state index in [0.29, 0.717) is 25.0 Å². The van der Waals surface area contributed by atoms with Gasteiger partial charge in [-0.3, -0.25) is 4.79 Å². The zero-order valence-electron chi connectivity index (χ0n) is 16.5. The quantitative estimate of drug-likeness (QED) is 0.716. The maximum atomic E-state index is 12.7. The summed E-state index contributed by atoms with van der Waals surface area (Å²) in [5.74, 6) is 2.97. The van der Waals surface area contributed by atoms with E-state index in [-0.39, 0.29) is 17.9 Å². The molecule has 1 aliphatic carbocycles. The summed E-state index contributed by atoms with van der Waals surface area (Å²) in [6.45, 7) is 7.28. The Kier molecular flexibility index (Phi) is 5.48. The molecule has 0 radical (unpaired) electrons. The van der Waals surface area contributed by atoms with E-state index in [9.17, 15) is 4.79 Å². The van der Waals surface area contributed by atoms with Gasteiger partial charge >= 0.3 is 0 Å². The molecule has 2 aliphatic rings. The molecule has 1 N–H and O–H groups in total. The van der Waals surface area contributed by atoms with Crippen molar-refractivity contribution in [1.29, 1.82) is 0 Å². The molecule has 7 nitrogen and oxygen atoms in total. The number of thioether (sulfide) groups is 1.